The van der Waals surface area contributed by atoms with Crippen molar-refractivity contribution in [1.29, 1.82) is 0 Å². The Morgan fingerprint density at radius 2 is 1.77 bits per heavy atom. The number of hydrogen-bond donors (Lipinski definition) is 1. The van der Waals surface area contributed by atoms with Gasteiger partial charge in [-0.05, 0) is 53.1 Å². The molecular weight excluding hydrogens is 407 g/mol. The topological polar surface area (TPSA) is 78.0 Å². The van der Waals surface area contributed by atoms with E-state index in [2.05, 4.69) is 5.10 Å². The highest BCUT2D eigenvalue weighted by Gasteiger charge is 2.35. The second kappa shape index (κ2) is 6.62. The van der Waals surface area contributed by atoms with Crippen molar-refractivity contribution in [3.63, 3.8) is 0 Å². The van der Waals surface area contributed by atoms with E-state index in [1.165, 1.54) is 24.5 Å². The van der Waals surface area contributed by atoms with Crippen LogP contribution in [0.4, 0.5) is 8.78 Å². The minimum Gasteiger partial charge on any atom is -0.239 e. The van der Waals surface area contributed by atoms with Crippen molar-refractivity contribution in [2.75, 3.05) is 0 Å². The van der Waals surface area contributed by atoms with Crippen molar-refractivity contribution in [1.82, 2.24) is 9.78 Å². The van der Waals surface area contributed by atoms with E-state index < -0.39 is 31.6 Å². The highest BCUT2D eigenvalue weighted by molar-refractivity contribution is 7.89. The molecule has 1 heterocycles. The highest BCUT2D eigenvalue weighted by atomic mass is 35.5. The number of aromatic nitrogens is 2. The first-order valence-corrected chi connectivity index (χ1v) is 9.41. The van der Waals surface area contributed by atoms with Gasteiger partial charge < -0.3 is 0 Å². The van der Waals surface area contributed by atoms with Crippen molar-refractivity contribution in [2.45, 2.75) is 10.3 Å². The second-order valence-corrected chi connectivity index (χ2v) is 7.81. The zero-order chi connectivity index (χ0) is 19.1. The van der Waals surface area contributed by atoms with Gasteiger partial charge in [-0.1, -0.05) is 23.7 Å². The molecule has 0 aliphatic heterocycles. The third-order valence-electron chi connectivity index (χ3n) is 3.60. The fourth-order valence-electron chi connectivity index (χ4n) is 2.49. The van der Waals surface area contributed by atoms with Gasteiger partial charge in [0.25, 0.3) is 0 Å². The van der Waals surface area contributed by atoms with Crippen molar-refractivity contribution < 1.29 is 17.2 Å². The molecule has 3 aromatic rings. The van der Waals surface area contributed by atoms with E-state index in [0.717, 1.165) is 10.7 Å². The number of sulfonamides is 1. The summed E-state index contributed by atoms with van der Waals surface area (Å²) in [6.45, 7) is 0. The second-order valence-electron chi connectivity index (χ2n) is 5.37. The summed E-state index contributed by atoms with van der Waals surface area (Å²) in [6, 6.07) is 9.98. The van der Waals surface area contributed by atoms with Crippen LogP contribution in [0.1, 0.15) is 5.56 Å². The molecule has 1 aromatic heterocycles. The lowest BCUT2D eigenvalue weighted by Gasteiger charge is -2.19. The maximum absolute atomic E-state index is 14.1. The van der Waals surface area contributed by atoms with Gasteiger partial charge in [0.15, 0.2) is 0 Å². The standard InChI is InChI=1S/C16H11Cl2F2N3O2S/c17-12-4-2-10(3-5-12)11-8-13(16(18,19)20)15(23-7-1-6-22-23)14(9-11)26(21,24)25/h1-9H,(H2,21,24,25). The van der Waals surface area contributed by atoms with Crippen LogP contribution in [0.25, 0.3) is 16.8 Å². The number of halogens is 4. The van der Waals surface area contributed by atoms with Gasteiger partial charge in [0.2, 0.25) is 10.0 Å². The summed E-state index contributed by atoms with van der Waals surface area (Å²) in [6.07, 6.45) is 2.63. The minimum atomic E-state index is -4.36. The largest absolute Gasteiger partial charge is 0.350 e. The molecule has 10 heteroatoms. The first-order valence-electron chi connectivity index (χ1n) is 7.11. The number of rotatable bonds is 4. The Bertz CT molecular complexity index is 1050. The fraction of sp³-hybridized carbons (Fsp3) is 0.0625. The molecule has 0 amide bonds. The molecule has 0 saturated heterocycles. The maximum Gasteiger partial charge on any atom is 0.350 e. The summed E-state index contributed by atoms with van der Waals surface area (Å²) in [7, 11) is -4.36. The first-order chi connectivity index (χ1) is 12.1. The van der Waals surface area contributed by atoms with Crippen LogP contribution in [0.5, 0.6) is 0 Å². The summed E-state index contributed by atoms with van der Waals surface area (Å²) in [5.74, 6) is 0. The Kier molecular flexibility index (Phi) is 4.78. The van der Waals surface area contributed by atoms with Gasteiger partial charge in [0, 0.05) is 17.4 Å². The van der Waals surface area contributed by atoms with Gasteiger partial charge in [-0.3, -0.25) is 0 Å². The SMILES string of the molecule is NS(=O)(=O)c1cc(-c2ccc(Cl)cc2)cc(C(F)(F)Cl)c1-n1cccn1. The van der Waals surface area contributed by atoms with Gasteiger partial charge in [-0.2, -0.15) is 13.9 Å². The Balaban J connectivity index is 2.40. The first kappa shape index (κ1) is 18.8. The zero-order valence-electron chi connectivity index (χ0n) is 12.9. The molecule has 0 fully saturated rings. The van der Waals surface area contributed by atoms with E-state index in [9.17, 15) is 17.2 Å². The highest BCUT2D eigenvalue weighted by Crippen LogP contribution is 2.41. The van der Waals surface area contributed by atoms with Crippen molar-refractivity contribution in [3.8, 4) is 16.8 Å². The van der Waals surface area contributed by atoms with Crippen LogP contribution in [0.2, 0.25) is 5.02 Å². The summed E-state index contributed by atoms with van der Waals surface area (Å²) < 4.78 is 53.4. The lowest BCUT2D eigenvalue weighted by atomic mass is 10.0. The molecule has 0 spiro atoms. The van der Waals surface area contributed by atoms with E-state index in [1.54, 1.807) is 24.3 Å². The predicted octanol–water partition coefficient (Wildman–Crippen LogP) is 4.13. The molecule has 3 rings (SSSR count). The molecule has 0 aliphatic carbocycles. The quantitative estimate of drug-likeness (QED) is 0.648. The van der Waals surface area contributed by atoms with Gasteiger partial charge in [0.1, 0.15) is 4.90 Å². The molecule has 2 N–H and O–H groups in total. The van der Waals surface area contributed by atoms with E-state index in [0.29, 0.717) is 10.6 Å². The summed E-state index contributed by atoms with van der Waals surface area (Å²) in [5.41, 5.74) is -0.486. The van der Waals surface area contributed by atoms with Crippen molar-refractivity contribution in [3.05, 3.63) is 65.4 Å². The van der Waals surface area contributed by atoms with Crippen LogP contribution in [-0.4, -0.2) is 18.2 Å². The van der Waals surface area contributed by atoms with Crippen LogP contribution >= 0.6 is 23.2 Å². The van der Waals surface area contributed by atoms with E-state index >= 15 is 0 Å². The molecule has 136 valence electrons. The number of nitrogens with two attached hydrogens (primary N) is 1. The van der Waals surface area contributed by atoms with Gasteiger partial charge in [-0.25, -0.2) is 18.2 Å². The van der Waals surface area contributed by atoms with Crippen LogP contribution in [0, 0.1) is 0 Å². The van der Waals surface area contributed by atoms with E-state index in [4.69, 9.17) is 28.3 Å². The van der Waals surface area contributed by atoms with Crippen LogP contribution < -0.4 is 5.14 Å². The lowest BCUT2D eigenvalue weighted by molar-refractivity contribution is 0.0947. The summed E-state index contributed by atoms with van der Waals surface area (Å²) in [4.78, 5) is -0.524. The predicted molar refractivity (Wildman–Crippen MR) is 95.1 cm³/mol. The molecule has 0 radical (unpaired) electrons. The molecular formula is C16H11Cl2F2N3O2S. The summed E-state index contributed by atoms with van der Waals surface area (Å²) >= 11 is 11.1. The molecule has 0 aliphatic rings. The minimum absolute atomic E-state index is 0.192. The van der Waals surface area contributed by atoms with Crippen LogP contribution in [-0.2, 0) is 15.4 Å². The number of nitrogens with zero attached hydrogens (tertiary/aromatic N) is 2. The number of primary sulfonamides is 1. The third kappa shape index (κ3) is 3.73. The maximum atomic E-state index is 14.1. The molecule has 0 saturated carbocycles. The smallest absolute Gasteiger partial charge is 0.239 e. The fourth-order valence-corrected chi connectivity index (χ4v) is 3.52. The summed E-state index contributed by atoms with van der Waals surface area (Å²) in [5, 5.41) is 5.69. The average molecular weight is 418 g/mol. The van der Waals surface area contributed by atoms with Gasteiger partial charge in [0.05, 0.1) is 11.3 Å². The Hall–Kier alpha value is -2.00. The molecule has 5 nitrogen and oxygen atoms in total. The third-order valence-corrected chi connectivity index (χ3v) is 4.98. The zero-order valence-corrected chi connectivity index (χ0v) is 15.2. The Morgan fingerprint density at radius 1 is 1.12 bits per heavy atom. The van der Waals surface area contributed by atoms with E-state index in [1.807, 2.05) is 0 Å². The lowest BCUT2D eigenvalue weighted by Crippen LogP contribution is -2.20. The van der Waals surface area contributed by atoms with Crippen molar-refractivity contribution >= 4 is 33.2 Å². The number of alkyl halides is 3. The Morgan fingerprint density at radius 3 is 2.27 bits per heavy atom. The van der Waals surface area contributed by atoms with E-state index in [-0.39, 0.29) is 5.56 Å². The molecule has 26 heavy (non-hydrogen) atoms. The van der Waals surface area contributed by atoms with Crippen molar-refractivity contribution in [2.24, 2.45) is 5.14 Å². The molecule has 0 bridgehead atoms. The Labute approximate surface area is 158 Å². The normalized spacial score (nSPS) is 12.3. The van der Waals surface area contributed by atoms with Gasteiger partial charge in [-0.15, -0.1) is 0 Å². The molecule has 2 aromatic carbocycles. The monoisotopic (exact) mass is 417 g/mol. The number of hydrogen-bond acceptors (Lipinski definition) is 3. The molecule has 0 atom stereocenters. The van der Waals surface area contributed by atoms with Crippen LogP contribution in [0.15, 0.2) is 59.8 Å². The van der Waals surface area contributed by atoms with Crippen LogP contribution in [0.3, 0.4) is 0 Å². The average Bonchev–Trinajstić information content (AvgIpc) is 3.07. The molecule has 0 unspecified atom stereocenters. The van der Waals surface area contributed by atoms with Gasteiger partial charge >= 0.3 is 5.38 Å². The number of benzene rings is 2.